The number of carbonyl (C=O) groups is 1. The molecule has 1 unspecified atom stereocenters. The summed E-state index contributed by atoms with van der Waals surface area (Å²) < 4.78 is 24.2. The summed E-state index contributed by atoms with van der Waals surface area (Å²) in [6.07, 6.45) is 1.17. The minimum atomic E-state index is -0.331. The van der Waals surface area contributed by atoms with Gasteiger partial charge >= 0.3 is 0 Å². The smallest absolute Gasteiger partial charge is 0.230 e. The Morgan fingerprint density at radius 1 is 1.06 bits per heavy atom. The fourth-order valence-corrected chi connectivity index (χ4v) is 4.37. The number of benzene rings is 3. The molecule has 1 amide bonds. The second kappa shape index (κ2) is 9.79. The maximum absolute atomic E-state index is 13.4. The Morgan fingerprint density at radius 2 is 1.81 bits per heavy atom. The van der Waals surface area contributed by atoms with Gasteiger partial charge in [0.1, 0.15) is 11.6 Å². The topological polar surface area (TPSA) is 88.9 Å². The van der Waals surface area contributed by atoms with Crippen LogP contribution in [0.3, 0.4) is 0 Å². The van der Waals surface area contributed by atoms with Gasteiger partial charge in [0.2, 0.25) is 11.7 Å². The molecule has 5 rings (SSSR count). The lowest BCUT2D eigenvalue weighted by Gasteiger charge is -2.17. The van der Waals surface area contributed by atoms with E-state index < -0.39 is 0 Å². The van der Waals surface area contributed by atoms with Gasteiger partial charge in [-0.05, 0) is 53.1 Å². The normalized spacial score (nSPS) is 15.1. The molecule has 4 aromatic rings. The van der Waals surface area contributed by atoms with Gasteiger partial charge in [0.25, 0.3) is 0 Å². The Balaban J connectivity index is 1.46. The van der Waals surface area contributed by atoms with Gasteiger partial charge in [0, 0.05) is 23.6 Å². The number of hydrogen-bond acceptors (Lipinski definition) is 7. The van der Waals surface area contributed by atoms with Crippen molar-refractivity contribution in [1.82, 2.24) is 15.0 Å². The molecule has 3 aromatic carbocycles. The first-order chi connectivity index (χ1) is 17.5. The fraction of sp³-hybridized carbons (Fsp3) is 0.154. The zero-order valence-corrected chi connectivity index (χ0v) is 20.2. The summed E-state index contributed by atoms with van der Waals surface area (Å²) in [6.45, 7) is 0. The number of aromatic nitrogens is 2. The molecule has 36 heavy (non-hydrogen) atoms. The number of methoxy groups -OCH3 is 2. The molecule has 10 heteroatoms. The van der Waals surface area contributed by atoms with E-state index in [1.807, 2.05) is 24.3 Å². The number of halogens is 2. The molecule has 0 radical (unpaired) electrons. The molecular formula is C26H21ClFN5O3. The van der Waals surface area contributed by atoms with Crippen LogP contribution < -0.4 is 14.8 Å². The van der Waals surface area contributed by atoms with Gasteiger partial charge in [-0.1, -0.05) is 24.3 Å². The largest absolute Gasteiger partial charge is 0.493 e. The Bertz CT molecular complexity index is 1480. The third kappa shape index (κ3) is 4.52. The van der Waals surface area contributed by atoms with Crippen molar-refractivity contribution in [2.24, 2.45) is 5.10 Å². The van der Waals surface area contributed by atoms with E-state index in [9.17, 15) is 9.18 Å². The summed E-state index contributed by atoms with van der Waals surface area (Å²) >= 11 is 6.19. The third-order valence-corrected chi connectivity index (χ3v) is 6.11. The van der Waals surface area contributed by atoms with Gasteiger partial charge in [0.15, 0.2) is 11.5 Å². The number of hydrogen-bond donors (Lipinski definition) is 1. The monoisotopic (exact) mass is 505 g/mol. The van der Waals surface area contributed by atoms with Crippen LogP contribution in [0.2, 0.25) is 5.28 Å². The number of fused-ring (bicyclic) bond motifs is 1. The lowest BCUT2D eigenvalue weighted by Crippen LogP contribution is -2.17. The molecule has 0 saturated carbocycles. The van der Waals surface area contributed by atoms with Crippen molar-refractivity contribution in [3.63, 3.8) is 0 Å². The average molecular weight is 506 g/mol. The average Bonchev–Trinajstić information content (AvgIpc) is 3.33. The summed E-state index contributed by atoms with van der Waals surface area (Å²) in [5, 5.41) is 9.94. The summed E-state index contributed by atoms with van der Waals surface area (Å²) in [6, 6.07) is 16.9. The van der Waals surface area contributed by atoms with Crippen LogP contribution in [0.5, 0.6) is 11.5 Å². The fourth-order valence-electron chi connectivity index (χ4n) is 4.19. The number of ether oxygens (including phenoxy) is 2. The van der Waals surface area contributed by atoms with Crippen molar-refractivity contribution in [3.8, 4) is 11.5 Å². The molecule has 8 nitrogen and oxygen atoms in total. The van der Waals surface area contributed by atoms with Crippen LogP contribution >= 0.6 is 11.6 Å². The molecule has 0 saturated heterocycles. The molecule has 0 bridgehead atoms. The van der Waals surface area contributed by atoms with Crippen LogP contribution in [0.1, 0.15) is 23.6 Å². The van der Waals surface area contributed by atoms with E-state index >= 15 is 0 Å². The van der Waals surface area contributed by atoms with Gasteiger partial charge in [0.05, 0.1) is 31.5 Å². The maximum atomic E-state index is 13.4. The van der Waals surface area contributed by atoms with Crippen molar-refractivity contribution in [2.45, 2.75) is 12.5 Å². The molecule has 0 aliphatic carbocycles. The Labute approximate surface area is 211 Å². The van der Waals surface area contributed by atoms with E-state index in [1.54, 1.807) is 38.5 Å². The predicted octanol–water partition coefficient (Wildman–Crippen LogP) is 5.49. The van der Waals surface area contributed by atoms with Crippen LogP contribution in [0.4, 0.5) is 15.9 Å². The Hall–Kier alpha value is -4.24. The Morgan fingerprint density at radius 3 is 2.53 bits per heavy atom. The standard InChI is InChI=1S/C26H21ClFN5O3/c1-35-23-11-19-21(13-24(23)36-2)30-26(27)31-25(19)29-18-5-3-4-16(10-18)20-12-22(33(14-34)32-20)15-6-8-17(28)9-7-15/h3-11,13-14,22H,12H2,1-2H3,(H,29,30,31). The molecule has 1 aliphatic rings. The molecule has 1 N–H and O–H groups in total. The molecule has 1 atom stereocenters. The third-order valence-electron chi connectivity index (χ3n) is 5.94. The van der Waals surface area contributed by atoms with Crippen molar-refractivity contribution >= 4 is 46.1 Å². The molecule has 0 fully saturated rings. The quantitative estimate of drug-likeness (QED) is 0.264. The van der Waals surface area contributed by atoms with E-state index in [0.29, 0.717) is 41.1 Å². The minimum absolute atomic E-state index is 0.0808. The zero-order chi connectivity index (χ0) is 25.2. The minimum Gasteiger partial charge on any atom is -0.493 e. The van der Waals surface area contributed by atoms with Gasteiger partial charge in [-0.25, -0.2) is 14.4 Å². The Kier molecular flexibility index (Phi) is 6.39. The first kappa shape index (κ1) is 23.5. The van der Waals surface area contributed by atoms with Crippen molar-refractivity contribution in [3.05, 3.63) is 82.9 Å². The highest BCUT2D eigenvalue weighted by Gasteiger charge is 2.28. The van der Waals surface area contributed by atoms with E-state index in [-0.39, 0.29) is 17.1 Å². The highest BCUT2D eigenvalue weighted by atomic mass is 35.5. The van der Waals surface area contributed by atoms with E-state index in [2.05, 4.69) is 20.4 Å². The van der Waals surface area contributed by atoms with Crippen LogP contribution in [0.15, 0.2) is 65.8 Å². The van der Waals surface area contributed by atoms with Crippen molar-refractivity contribution in [1.29, 1.82) is 0 Å². The van der Waals surface area contributed by atoms with Crippen LogP contribution in [0.25, 0.3) is 10.9 Å². The molecule has 1 aliphatic heterocycles. The molecule has 1 aromatic heterocycles. The first-order valence-electron chi connectivity index (χ1n) is 11.0. The SMILES string of the molecule is COc1cc2nc(Cl)nc(Nc3cccc(C4=NN(C=O)C(c5ccc(F)cc5)C4)c3)c2cc1OC. The number of carbonyl (C=O) groups excluding carboxylic acids is 1. The molecular weight excluding hydrogens is 485 g/mol. The number of hydrazone groups is 1. The summed E-state index contributed by atoms with van der Waals surface area (Å²) in [5.74, 6) is 1.23. The number of nitrogens with one attached hydrogen (secondary N) is 1. The summed E-state index contributed by atoms with van der Waals surface area (Å²) in [4.78, 5) is 20.4. The van der Waals surface area contributed by atoms with E-state index in [4.69, 9.17) is 21.1 Å². The maximum Gasteiger partial charge on any atom is 0.230 e. The first-order valence-corrected chi connectivity index (χ1v) is 11.4. The van der Waals surface area contributed by atoms with Gasteiger partial charge in [-0.2, -0.15) is 10.1 Å². The number of amides is 1. The number of rotatable bonds is 7. The predicted molar refractivity (Wildman–Crippen MR) is 136 cm³/mol. The van der Waals surface area contributed by atoms with Gasteiger partial charge < -0.3 is 14.8 Å². The molecule has 182 valence electrons. The molecule has 2 heterocycles. The second-order valence-corrected chi connectivity index (χ2v) is 8.41. The summed E-state index contributed by atoms with van der Waals surface area (Å²) in [7, 11) is 3.11. The second-order valence-electron chi connectivity index (χ2n) is 8.07. The summed E-state index contributed by atoms with van der Waals surface area (Å²) in [5.41, 5.74) is 3.71. The van der Waals surface area contributed by atoms with Crippen molar-refractivity contribution < 1.29 is 18.7 Å². The lowest BCUT2D eigenvalue weighted by molar-refractivity contribution is -0.119. The van der Waals surface area contributed by atoms with E-state index in [0.717, 1.165) is 22.5 Å². The van der Waals surface area contributed by atoms with E-state index in [1.165, 1.54) is 17.1 Å². The van der Waals surface area contributed by atoms with Gasteiger partial charge in [-0.3, -0.25) is 4.79 Å². The van der Waals surface area contributed by atoms with Gasteiger partial charge in [-0.15, -0.1) is 0 Å². The van der Waals surface area contributed by atoms with Crippen LogP contribution in [-0.4, -0.2) is 41.3 Å². The molecule has 0 spiro atoms. The van der Waals surface area contributed by atoms with Crippen LogP contribution in [-0.2, 0) is 4.79 Å². The number of anilines is 2. The number of nitrogens with zero attached hydrogens (tertiary/aromatic N) is 4. The highest BCUT2D eigenvalue weighted by Crippen LogP contribution is 2.36. The highest BCUT2D eigenvalue weighted by molar-refractivity contribution is 6.29. The lowest BCUT2D eigenvalue weighted by atomic mass is 9.98. The zero-order valence-electron chi connectivity index (χ0n) is 19.4. The van der Waals surface area contributed by atoms with Crippen molar-refractivity contribution in [2.75, 3.05) is 19.5 Å². The van der Waals surface area contributed by atoms with Crippen LogP contribution in [0, 0.1) is 5.82 Å².